The van der Waals surface area contributed by atoms with E-state index in [2.05, 4.69) is 17.1 Å². The quantitative estimate of drug-likeness (QED) is 0.253. The van der Waals surface area contributed by atoms with Crippen molar-refractivity contribution in [3.63, 3.8) is 0 Å². The van der Waals surface area contributed by atoms with Crippen LogP contribution in [0, 0.1) is 17.8 Å². The highest BCUT2D eigenvalue weighted by Crippen LogP contribution is 2.41. The van der Waals surface area contributed by atoms with Crippen LogP contribution in [-0.4, -0.2) is 158 Å². The molecule has 0 aliphatic carbocycles. The molecule has 0 radical (unpaired) electrons. The zero-order valence-electron chi connectivity index (χ0n) is 35.2. The molecular weight excluding hydrogens is 688 g/mol. The van der Waals surface area contributed by atoms with Gasteiger partial charge < -0.3 is 63.4 Å². The third kappa shape index (κ3) is 10.5. The lowest BCUT2D eigenvalue weighted by Crippen LogP contribution is -2.61. The van der Waals surface area contributed by atoms with Crippen molar-refractivity contribution >= 4 is 5.97 Å². The number of nitrogens with one attached hydrogen (secondary N) is 1. The van der Waals surface area contributed by atoms with Crippen molar-refractivity contribution in [2.24, 2.45) is 17.8 Å². The summed E-state index contributed by atoms with van der Waals surface area (Å²) in [6, 6.07) is -0.525. The molecule has 0 aromatic heterocycles. The molecule has 4 N–H and O–H groups in total. The number of esters is 1. The fraction of sp³-hybridized carbons (Fsp3) is 0.974. The van der Waals surface area contributed by atoms with Gasteiger partial charge in [0.05, 0.1) is 41.5 Å². The van der Waals surface area contributed by atoms with Crippen molar-refractivity contribution in [3.8, 4) is 0 Å². The maximum Gasteiger partial charge on any atom is 0.311 e. The summed E-state index contributed by atoms with van der Waals surface area (Å²) in [5.74, 6) is -2.10. The van der Waals surface area contributed by atoms with Gasteiger partial charge in [-0.3, -0.25) is 4.79 Å². The van der Waals surface area contributed by atoms with Gasteiger partial charge in [-0.1, -0.05) is 20.8 Å². The van der Waals surface area contributed by atoms with Gasteiger partial charge in [0.2, 0.25) is 0 Å². The summed E-state index contributed by atoms with van der Waals surface area (Å²) in [4.78, 5) is 16.4. The Morgan fingerprint density at radius 3 is 2.06 bits per heavy atom. The highest BCUT2D eigenvalue weighted by Gasteiger charge is 2.53. The van der Waals surface area contributed by atoms with Crippen LogP contribution in [-0.2, 0) is 42.7 Å². The molecule has 0 spiro atoms. The Balaban J connectivity index is 2.21. The Bertz CT molecular complexity index is 1150. The minimum atomic E-state index is -1.76. The van der Waals surface area contributed by atoms with Crippen LogP contribution in [0.1, 0.15) is 94.9 Å². The second kappa shape index (κ2) is 19.0. The van der Waals surface area contributed by atoms with E-state index >= 15 is 0 Å². The second-order valence-corrected chi connectivity index (χ2v) is 17.1. The van der Waals surface area contributed by atoms with Crippen molar-refractivity contribution in [2.75, 3.05) is 42.0 Å². The van der Waals surface area contributed by atoms with Crippen LogP contribution in [0.4, 0.5) is 0 Å². The maximum atomic E-state index is 14.3. The Morgan fingerprint density at radius 2 is 1.51 bits per heavy atom. The molecule has 0 unspecified atom stereocenters. The molecular formula is C39H74N2O12. The molecule has 0 amide bonds. The van der Waals surface area contributed by atoms with E-state index < -0.39 is 96.0 Å². The van der Waals surface area contributed by atoms with Gasteiger partial charge in [-0.15, -0.1) is 0 Å². The summed E-state index contributed by atoms with van der Waals surface area (Å²) in [6.07, 6.45) is -5.96. The average molecular weight is 763 g/mol. The van der Waals surface area contributed by atoms with Gasteiger partial charge in [0, 0.05) is 45.8 Å². The van der Waals surface area contributed by atoms with Gasteiger partial charge in [-0.2, -0.15) is 0 Å². The Hall–Kier alpha value is -1.01. The van der Waals surface area contributed by atoms with Crippen LogP contribution in [0.25, 0.3) is 0 Å². The van der Waals surface area contributed by atoms with Crippen molar-refractivity contribution in [2.45, 2.75) is 185 Å². The van der Waals surface area contributed by atoms with E-state index in [1.165, 1.54) is 6.92 Å². The number of nitrogens with zero attached hydrogens (tertiary/aromatic N) is 1. The summed E-state index contributed by atoms with van der Waals surface area (Å²) in [5.41, 5.74) is -3.70. The summed E-state index contributed by atoms with van der Waals surface area (Å²) >= 11 is 0. The van der Waals surface area contributed by atoms with Gasteiger partial charge in [0.1, 0.15) is 30.0 Å². The van der Waals surface area contributed by atoms with Crippen molar-refractivity contribution in [1.29, 1.82) is 0 Å². The minimum absolute atomic E-state index is 0.00462. The fourth-order valence-corrected chi connectivity index (χ4v) is 8.78. The van der Waals surface area contributed by atoms with Gasteiger partial charge in [0.25, 0.3) is 0 Å². The lowest BCUT2D eigenvalue weighted by Gasteiger charge is -2.50. The first-order chi connectivity index (χ1) is 24.6. The topological polar surface area (TPSA) is 167 Å². The summed E-state index contributed by atoms with van der Waals surface area (Å²) in [7, 11) is 8.87. The van der Waals surface area contributed by atoms with Gasteiger partial charge in [-0.25, -0.2) is 0 Å². The van der Waals surface area contributed by atoms with E-state index in [-0.39, 0.29) is 30.9 Å². The van der Waals surface area contributed by atoms with Crippen LogP contribution in [0.5, 0.6) is 0 Å². The number of carbonyl (C=O) groups excluding carboxylic acids is 1. The lowest BCUT2D eigenvalue weighted by atomic mass is 9.77. The van der Waals surface area contributed by atoms with E-state index in [1.807, 2.05) is 41.8 Å². The number of aliphatic hydroxyl groups is 3. The standard InChI is InChI=1S/C39H74N2O12/c1-16-28-39(10,45)32(42)25(6)40-20-21(2)18-38(9,48-15)34(53-36-31(46-13)27(41(11)12)17-22(3)49-36)23(4)30(24(5)35(44)51-28)52-29-19-37(8,47-14)33(43)26(7)50-29/h21-34,36,40,42-43,45H,16-20H2,1-15H3/t21-,22-,23+,24-,25-,26+,27+,28-,29+,30+,31-,32-,33+,34-,36+,37-,38+,39-/m1/s1. The van der Waals surface area contributed by atoms with Crippen LogP contribution in [0.3, 0.4) is 0 Å². The molecule has 14 nitrogen and oxygen atoms in total. The molecule has 3 aliphatic rings. The number of rotatable bonds is 9. The average Bonchev–Trinajstić information content (AvgIpc) is 3.10. The van der Waals surface area contributed by atoms with Crippen LogP contribution in [0.2, 0.25) is 0 Å². The van der Waals surface area contributed by atoms with E-state index in [9.17, 15) is 20.1 Å². The zero-order valence-corrected chi connectivity index (χ0v) is 35.2. The van der Waals surface area contributed by atoms with Crippen molar-refractivity contribution in [3.05, 3.63) is 0 Å². The molecule has 312 valence electrons. The molecule has 3 aliphatic heterocycles. The molecule has 0 bridgehead atoms. The van der Waals surface area contributed by atoms with E-state index in [0.29, 0.717) is 13.0 Å². The first-order valence-electron chi connectivity index (χ1n) is 19.5. The minimum Gasteiger partial charge on any atom is -0.459 e. The molecule has 3 rings (SSSR count). The maximum absolute atomic E-state index is 14.3. The van der Waals surface area contributed by atoms with E-state index in [0.717, 1.165) is 6.42 Å². The highest BCUT2D eigenvalue weighted by molar-refractivity contribution is 5.73. The van der Waals surface area contributed by atoms with Gasteiger partial charge in [0.15, 0.2) is 12.6 Å². The molecule has 3 fully saturated rings. The number of carbonyl (C=O) groups is 1. The summed E-state index contributed by atoms with van der Waals surface area (Å²) in [5, 5.41) is 37.4. The number of ether oxygens (including phenoxy) is 8. The zero-order chi connectivity index (χ0) is 40.2. The normalized spacial score (nSPS) is 48.5. The van der Waals surface area contributed by atoms with Crippen LogP contribution < -0.4 is 5.32 Å². The first kappa shape index (κ1) is 46.4. The van der Waals surface area contributed by atoms with Crippen LogP contribution in [0.15, 0.2) is 0 Å². The molecule has 53 heavy (non-hydrogen) atoms. The molecule has 0 saturated carbocycles. The second-order valence-electron chi connectivity index (χ2n) is 17.1. The molecule has 3 heterocycles. The largest absolute Gasteiger partial charge is 0.459 e. The predicted octanol–water partition coefficient (Wildman–Crippen LogP) is 2.87. The fourth-order valence-electron chi connectivity index (χ4n) is 8.78. The molecule has 18 atom stereocenters. The summed E-state index contributed by atoms with van der Waals surface area (Å²) < 4.78 is 51.0. The van der Waals surface area contributed by atoms with Gasteiger partial charge >= 0.3 is 5.97 Å². The van der Waals surface area contributed by atoms with E-state index in [1.54, 1.807) is 49.0 Å². The SMILES string of the molecule is CC[C@H]1OC(=O)[C@H](C)[C@@H](O[C@H]2C[C@@](C)(OC)[C@@H](O)[C@H](C)O2)[C@H](C)[C@@H](O[C@@H]2O[C@H](C)C[C@H](N(C)C)[C@H]2OC)[C@@](C)(OC)C[C@@H](C)CN[C@H](C)[C@@H](O)[C@]1(C)O. The molecule has 0 aromatic rings. The Labute approximate surface area is 318 Å². The third-order valence-electron chi connectivity index (χ3n) is 12.4. The number of methoxy groups -OCH3 is 3. The Morgan fingerprint density at radius 1 is 0.887 bits per heavy atom. The van der Waals surface area contributed by atoms with Gasteiger partial charge in [-0.05, 0) is 94.3 Å². The number of hydrogen-bond acceptors (Lipinski definition) is 14. The molecule has 14 heteroatoms. The Kier molecular flexibility index (Phi) is 16.6. The lowest BCUT2D eigenvalue weighted by molar-refractivity contribution is -0.321. The number of cyclic esters (lactones) is 1. The highest BCUT2D eigenvalue weighted by atomic mass is 16.7. The van der Waals surface area contributed by atoms with Crippen molar-refractivity contribution in [1.82, 2.24) is 10.2 Å². The molecule has 3 saturated heterocycles. The third-order valence-corrected chi connectivity index (χ3v) is 12.4. The molecule has 0 aromatic carbocycles. The number of aliphatic hydroxyl groups excluding tert-OH is 2. The number of hydrogen-bond donors (Lipinski definition) is 4. The van der Waals surface area contributed by atoms with Crippen molar-refractivity contribution < 1.29 is 58.0 Å². The first-order valence-corrected chi connectivity index (χ1v) is 19.5. The van der Waals surface area contributed by atoms with Crippen LogP contribution >= 0.6 is 0 Å². The smallest absolute Gasteiger partial charge is 0.311 e. The monoisotopic (exact) mass is 763 g/mol. The summed E-state index contributed by atoms with van der Waals surface area (Å²) in [6.45, 7) is 18.9. The number of likely N-dealkylation sites (N-methyl/N-ethyl adjacent to an activating group) is 1. The van der Waals surface area contributed by atoms with E-state index in [4.69, 9.17) is 37.9 Å². The predicted molar refractivity (Wildman–Crippen MR) is 199 cm³/mol.